The number of aromatic hydroxyl groups is 1. The number of carbonyl (C=O) groups excluding carboxylic acids is 4. The van der Waals surface area contributed by atoms with Crippen molar-refractivity contribution in [2.24, 2.45) is 5.41 Å². The number of nitrogens with one attached hydrogen (secondary N) is 1. The second-order valence-corrected chi connectivity index (χ2v) is 10.0. The lowest BCUT2D eigenvalue weighted by Gasteiger charge is -2.37. The van der Waals surface area contributed by atoms with Crippen LogP contribution in [0.1, 0.15) is 37.8 Å². The molecule has 1 fully saturated rings. The number of carbonyl (C=O) groups is 4. The van der Waals surface area contributed by atoms with Gasteiger partial charge in [-0.1, -0.05) is 55.8 Å². The van der Waals surface area contributed by atoms with Crippen molar-refractivity contribution in [3.05, 3.63) is 76.5 Å². The van der Waals surface area contributed by atoms with Crippen molar-refractivity contribution in [2.45, 2.75) is 39.2 Å². The van der Waals surface area contributed by atoms with Crippen LogP contribution in [0.3, 0.4) is 0 Å². The molecular formula is C27H24N2O6. The van der Waals surface area contributed by atoms with E-state index in [1.165, 1.54) is 24.3 Å². The molecule has 0 radical (unpaired) electrons. The van der Waals surface area contributed by atoms with Crippen LogP contribution in [0.5, 0.6) is 5.75 Å². The zero-order chi connectivity index (χ0) is 25.3. The molecule has 2 aromatic rings. The van der Waals surface area contributed by atoms with Crippen LogP contribution in [-0.2, 0) is 19.2 Å². The van der Waals surface area contributed by atoms with Crippen molar-refractivity contribution in [2.75, 3.05) is 4.90 Å². The number of para-hydroxylation sites is 2. The van der Waals surface area contributed by atoms with Gasteiger partial charge in [0.05, 0.1) is 16.8 Å². The number of hydrogen-bond acceptors (Lipinski definition) is 6. The van der Waals surface area contributed by atoms with Gasteiger partial charge in [0.2, 0.25) is 0 Å². The number of aliphatic hydroxyl groups excluding tert-OH is 1. The van der Waals surface area contributed by atoms with Crippen molar-refractivity contribution in [3.8, 4) is 5.75 Å². The molecule has 3 N–H and O–H groups in total. The number of ketones is 2. The number of hydrogen-bond donors (Lipinski definition) is 3. The van der Waals surface area contributed by atoms with E-state index in [1.807, 2.05) is 20.8 Å². The van der Waals surface area contributed by atoms with Gasteiger partial charge in [-0.2, -0.15) is 0 Å². The Morgan fingerprint density at radius 1 is 0.971 bits per heavy atom. The Balaban J connectivity index is 1.89. The lowest BCUT2D eigenvalue weighted by atomic mass is 9.70. The number of Topliss-reactive ketones (excluding diaryl/α,β-unsaturated/α-hetero) is 2. The summed E-state index contributed by atoms with van der Waals surface area (Å²) in [6.07, 6.45) is 0.412. The van der Waals surface area contributed by atoms with Crippen LogP contribution in [0, 0.1) is 12.3 Å². The third-order valence-corrected chi connectivity index (χ3v) is 6.84. The number of fused-ring (bicyclic) bond motifs is 1. The predicted octanol–water partition coefficient (Wildman–Crippen LogP) is 3.10. The normalized spacial score (nSPS) is 24.8. The maximum atomic E-state index is 13.8. The topological polar surface area (TPSA) is 124 Å². The Morgan fingerprint density at radius 2 is 1.63 bits per heavy atom. The third kappa shape index (κ3) is 3.06. The van der Waals surface area contributed by atoms with E-state index in [0.717, 1.165) is 10.5 Å². The first-order valence-corrected chi connectivity index (χ1v) is 11.2. The number of phenolic OH excluding ortho intramolecular Hbond substituents is 1. The minimum atomic E-state index is -2.25. The fourth-order valence-corrected chi connectivity index (χ4v) is 5.36. The highest BCUT2D eigenvalue weighted by Crippen LogP contribution is 2.53. The summed E-state index contributed by atoms with van der Waals surface area (Å²) in [6.45, 7) is 5.62. The second kappa shape index (κ2) is 7.40. The average Bonchev–Trinajstić information content (AvgIpc) is 3.18. The van der Waals surface area contributed by atoms with Gasteiger partial charge in [0.1, 0.15) is 11.5 Å². The summed E-state index contributed by atoms with van der Waals surface area (Å²) < 4.78 is 0. The summed E-state index contributed by atoms with van der Waals surface area (Å²) in [5.41, 5.74) is -1.92. The fourth-order valence-electron chi connectivity index (χ4n) is 5.36. The number of phenols is 1. The summed E-state index contributed by atoms with van der Waals surface area (Å²) in [4.78, 5) is 55.2. The van der Waals surface area contributed by atoms with Gasteiger partial charge in [0.15, 0.2) is 11.3 Å². The molecule has 0 bridgehead atoms. The number of anilines is 1. The molecule has 5 rings (SSSR count). The van der Waals surface area contributed by atoms with Crippen molar-refractivity contribution >= 4 is 34.8 Å². The van der Waals surface area contributed by atoms with E-state index in [-0.39, 0.29) is 29.0 Å². The smallest absolute Gasteiger partial charge is 0.300 e. The molecule has 8 nitrogen and oxygen atoms in total. The molecule has 1 atom stereocenters. The van der Waals surface area contributed by atoms with Gasteiger partial charge in [0.25, 0.3) is 11.7 Å². The average molecular weight is 472 g/mol. The largest absolute Gasteiger partial charge is 0.507 e. The van der Waals surface area contributed by atoms with E-state index in [4.69, 9.17) is 0 Å². The summed E-state index contributed by atoms with van der Waals surface area (Å²) >= 11 is 0. The lowest BCUT2D eigenvalue weighted by Crippen LogP contribution is -2.56. The Hall–Kier alpha value is -4.20. The summed E-state index contributed by atoms with van der Waals surface area (Å²) in [5.74, 6) is -4.37. The molecular weight excluding hydrogens is 448 g/mol. The highest BCUT2D eigenvalue weighted by atomic mass is 16.3. The molecule has 2 heterocycles. The zero-order valence-corrected chi connectivity index (χ0v) is 19.5. The number of amides is 2. The van der Waals surface area contributed by atoms with Gasteiger partial charge in [-0.3, -0.25) is 24.1 Å². The van der Waals surface area contributed by atoms with Crippen molar-refractivity contribution in [3.63, 3.8) is 0 Å². The SMILES string of the molecule is Cc1ccc(C(O)=C2C(=O)C(=O)N(c3ccccc3O)C23C(=O)NC2=C3C(=O)CC(C)(C)C2)cc1. The molecule has 8 heteroatoms. The zero-order valence-electron chi connectivity index (χ0n) is 19.5. The molecule has 1 aliphatic carbocycles. The van der Waals surface area contributed by atoms with Crippen molar-refractivity contribution in [1.82, 2.24) is 5.32 Å². The van der Waals surface area contributed by atoms with E-state index in [2.05, 4.69) is 5.32 Å². The number of rotatable bonds is 2. The van der Waals surface area contributed by atoms with Crippen molar-refractivity contribution < 1.29 is 29.4 Å². The van der Waals surface area contributed by atoms with E-state index >= 15 is 0 Å². The van der Waals surface area contributed by atoms with Crippen LogP contribution < -0.4 is 10.2 Å². The summed E-state index contributed by atoms with van der Waals surface area (Å²) in [6, 6.07) is 12.3. The van der Waals surface area contributed by atoms with E-state index in [9.17, 15) is 29.4 Å². The minimum Gasteiger partial charge on any atom is -0.507 e. The second-order valence-electron chi connectivity index (χ2n) is 10.0. The summed E-state index contributed by atoms with van der Waals surface area (Å²) in [7, 11) is 0. The molecule has 2 amide bonds. The lowest BCUT2D eigenvalue weighted by molar-refractivity contribution is -0.132. The highest BCUT2D eigenvalue weighted by molar-refractivity contribution is 6.56. The molecule has 178 valence electrons. The maximum Gasteiger partial charge on any atom is 0.300 e. The Labute approximate surface area is 201 Å². The highest BCUT2D eigenvalue weighted by Gasteiger charge is 2.69. The van der Waals surface area contributed by atoms with Gasteiger partial charge in [-0.05, 0) is 30.9 Å². The Kier molecular flexibility index (Phi) is 4.77. The molecule has 35 heavy (non-hydrogen) atoms. The molecule has 1 unspecified atom stereocenters. The number of allylic oxidation sites excluding steroid dienone is 1. The number of nitrogens with zero attached hydrogens (tertiary/aromatic N) is 1. The monoisotopic (exact) mass is 472 g/mol. The summed E-state index contributed by atoms with van der Waals surface area (Å²) in [5, 5.41) is 24.7. The van der Waals surface area contributed by atoms with Crippen LogP contribution in [0.4, 0.5) is 5.69 Å². The van der Waals surface area contributed by atoms with E-state index in [0.29, 0.717) is 12.1 Å². The van der Waals surface area contributed by atoms with Gasteiger partial charge < -0.3 is 15.5 Å². The molecule has 2 aromatic carbocycles. The third-order valence-electron chi connectivity index (χ3n) is 6.84. The molecule has 0 aromatic heterocycles. The van der Waals surface area contributed by atoms with E-state index < -0.39 is 45.7 Å². The number of aryl methyl sites for hydroxylation is 1. The first-order valence-electron chi connectivity index (χ1n) is 11.2. The molecule has 2 aliphatic heterocycles. The molecule has 1 saturated heterocycles. The fraction of sp³-hybridized carbons (Fsp3) is 0.259. The van der Waals surface area contributed by atoms with Crippen LogP contribution in [0.2, 0.25) is 0 Å². The van der Waals surface area contributed by atoms with Crippen LogP contribution >= 0.6 is 0 Å². The molecule has 3 aliphatic rings. The molecule has 1 spiro atoms. The first-order chi connectivity index (χ1) is 16.5. The van der Waals surface area contributed by atoms with Gasteiger partial charge in [-0.15, -0.1) is 0 Å². The number of benzene rings is 2. The Morgan fingerprint density at radius 3 is 2.29 bits per heavy atom. The Bertz CT molecular complexity index is 1400. The van der Waals surface area contributed by atoms with Crippen LogP contribution in [-0.4, -0.2) is 39.1 Å². The van der Waals surface area contributed by atoms with Crippen LogP contribution in [0.15, 0.2) is 65.4 Å². The van der Waals surface area contributed by atoms with Gasteiger partial charge in [0, 0.05) is 17.7 Å². The van der Waals surface area contributed by atoms with Crippen LogP contribution in [0.25, 0.3) is 5.76 Å². The first kappa shape index (κ1) is 22.6. The van der Waals surface area contributed by atoms with Crippen molar-refractivity contribution in [1.29, 1.82) is 0 Å². The van der Waals surface area contributed by atoms with Gasteiger partial charge in [-0.25, -0.2) is 0 Å². The maximum absolute atomic E-state index is 13.8. The minimum absolute atomic E-state index is 0.0436. The number of aliphatic hydroxyl groups is 1. The quantitative estimate of drug-likeness (QED) is 0.351. The predicted molar refractivity (Wildman–Crippen MR) is 127 cm³/mol. The molecule has 0 saturated carbocycles. The van der Waals surface area contributed by atoms with E-state index in [1.54, 1.807) is 24.3 Å². The standard InChI is InChI=1S/C27H24N2O6/c1-14-8-10-15(11-9-14)22(32)21-23(33)24(34)29(17-6-4-5-7-18(17)30)27(21)20-16(28-25(27)35)12-26(2,3)13-19(20)31/h4-11,30,32H,12-13H2,1-3H3,(H,28,35). The van der Waals surface area contributed by atoms with Gasteiger partial charge >= 0.3 is 5.91 Å².